The molecule has 0 spiro atoms. The Morgan fingerprint density at radius 2 is 1.00 bits per heavy atom. The van der Waals surface area contributed by atoms with Gasteiger partial charge >= 0.3 is 7.60 Å². The monoisotopic (exact) mass is 450 g/mol. The first-order chi connectivity index (χ1) is 15.5. The predicted molar refractivity (Wildman–Crippen MR) is 135 cm³/mol. The molecule has 32 heavy (non-hydrogen) atoms. The Labute approximate surface area is 193 Å². The highest BCUT2D eigenvalue weighted by Gasteiger charge is 2.35. The molecule has 0 saturated heterocycles. The van der Waals surface area contributed by atoms with Crippen LogP contribution in [0.5, 0.6) is 11.5 Å². The summed E-state index contributed by atoms with van der Waals surface area (Å²) in [6.07, 6.45) is 4.16. The van der Waals surface area contributed by atoms with E-state index in [9.17, 15) is 4.57 Å². The minimum atomic E-state index is -3.71. The second-order valence-corrected chi connectivity index (χ2v) is 9.71. The van der Waals surface area contributed by atoms with Gasteiger partial charge in [-0.05, 0) is 78.1 Å². The summed E-state index contributed by atoms with van der Waals surface area (Å²) in [6.45, 7) is 10.5. The zero-order valence-electron chi connectivity index (χ0n) is 20.0. The molecule has 0 unspecified atom stereocenters. The highest BCUT2D eigenvalue weighted by atomic mass is 31.2. The maximum Gasteiger partial charge on any atom is 0.463 e. The fourth-order valence-electron chi connectivity index (χ4n) is 4.31. The minimum absolute atomic E-state index is 0.635. The molecule has 0 saturated carbocycles. The van der Waals surface area contributed by atoms with Gasteiger partial charge < -0.3 is 9.05 Å². The third-order valence-electron chi connectivity index (χ3n) is 6.03. The van der Waals surface area contributed by atoms with E-state index in [1.807, 2.05) is 48.5 Å². The normalized spacial score (nSPS) is 11.4. The lowest BCUT2D eigenvalue weighted by Gasteiger charge is -2.25. The maximum atomic E-state index is 14.6. The van der Waals surface area contributed by atoms with E-state index in [0.717, 1.165) is 48.8 Å². The van der Waals surface area contributed by atoms with Crippen LogP contribution >= 0.6 is 7.60 Å². The molecule has 0 N–H and O–H groups in total. The van der Waals surface area contributed by atoms with Crippen LogP contribution in [-0.2, 0) is 36.7 Å². The Hall–Kier alpha value is -2.51. The maximum absolute atomic E-state index is 14.6. The summed E-state index contributed by atoms with van der Waals surface area (Å²) >= 11 is 0. The molecule has 3 nitrogen and oxygen atoms in total. The second kappa shape index (κ2) is 10.9. The van der Waals surface area contributed by atoms with E-state index in [-0.39, 0.29) is 0 Å². The van der Waals surface area contributed by atoms with Gasteiger partial charge in [-0.15, -0.1) is 0 Å². The van der Waals surface area contributed by atoms with E-state index in [1.54, 1.807) is 0 Å². The van der Waals surface area contributed by atoms with Gasteiger partial charge in [0, 0.05) is 0 Å². The van der Waals surface area contributed by atoms with Gasteiger partial charge in [0.2, 0.25) is 0 Å². The molecule has 0 bridgehead atoms. The topological polar surface area (TPSA) is 35.5 Å². The lowest BCUT2D eigenvalue weighted by atomic mass is 10.0. The van der Waals surface area contributed by atoms with Gasteiger partial charge in [-0.3, -0.25) is 0 Å². The summed E-state index contributed by atoms with van der Waals surface area (Å²) in [7, 11) is -3.71. The molecule has 4 heteroatoms. The van der Waals surface area contributed by atoms with Crippen LogP contribution in [0.3, 0.4) is 0 Å². The predicted octanol–water partition coefficient (Wildman–Crippen LogP) is 7.48. The first-order valence-electron chi connectivity index (χ1n) is 11.8. The molecule has 0 aromatic heterocycles. The van der Waals surface area contributed by atoms with Crippen LogP contribution in [0.1, 0.15) is 62.4 Å². The zero-order chi connectivity index (χ0) is 23.1. The largest absolute Gasteiger partial charge is 0.463 e. The summed E-state index contributed by atoms with van der Waals surface area (Å²) in [5, 5.41) is 0.635. The van der Waals surface area contributed by atoms with Crippen molar-refractivity contribution in [3.63, 3.8) is 0 Å². The van der Waals surface area contributed by atoms with Crippen molar-refractivity contribution in [3.8, 4) is 11.5 Å². The number of hydrogen-bond acceptors (Lipinski definition) is 3. The quantitative estimate of drug-likeness (QED) is 0.300. The fourth-order valence-corrected chi connectivity index (χ4v) is 6.26. The molecule has 3 rings (SSSR count). The van der Waals surface area contributed by atoms with Crippen molar-refractivity contribution in [2.45, 2.75) is 66.7 Å². The Morgan fingerprint density at radius 3 is 1.44 bits per heavy atom. The minimum Gasteiger partial charge on any atom is -0.413 e. The van der Waals surface area contributed by atoms with Crippen molar-refractivity contribution < 1.29 is 13.6 Å². The number of benzene rings is 3. The van der Waals surface area contributed by atoms with Gasteiger partial charge in [-0.25, -0.2) is 4.57 Å². The average Bonchev–Trinajstić information content (AvgIpc) is 2.83. The summed E-state index contributed by atoms with van der Waals surface area (Å²) in [4.78, 5) is 0. The number of hydrogen-bond donors (Lipinski definition) is 0. The molecule has 3 aromatic rings. The standard InChI is InChI=1S/C28H35O3P/c1-6-21-16-13-18-26(24(21)9-4)30-32(29,28-20-12-11-15-23(28)8-3)31-27-19-14-17-22(7-2)25(27)10-5/h11-20H,6-10H2,1-5H3. The Balaban J connectivity index is 2.18. The zero-order valence-corrected chi connectivity index (χ0v) is 20.9. The first-order valence-corrected chi connectivity index (χ1v) is 13.3. The summed E-state index contributed by atoms with van der Waals surface area (Å²) in [5.74, 6) is 1.29. The number of aryl methyl sites for hydroxylation is 3. The van der Waals surface area contributed by atoms with Gasteiger partial charge in [-0.2, -0.15) is 0 Å². The van der Waals surface area contributed by atoms with Gasteiger partial charge in [0.25, 0.3) is 0 Å². The van der Waals surface area contributed by atoms with Crippen molar-refractivity contribution in [2.24, 2.45) is 0 Å². The summed E-state index contributed by atoms with van der Waals surface area (Å²) in [5.41, 5.74) is 5.58. The van der Waals surface area contributed by atoms with Crippen LogP contribution < -0.4 is 14.4 Å². The van der Waals surface area contributed by atoms with Gasteiger partial charge in [0.05, 0.1) is 5.30 Å². The fraction of sp³-hybridized carbons (Fsp3) is 0.357. The Kier molecular flexibility index (Phi) is 8.21. The first kappa shape index (κ1) is 24.1. The molecule has 3 aromatic carbocycles. The smallest absolute Gasteiger partial charge is 0.413 e. The van der Waals surface area contributed by atoms with Crippen LogP contribution in [0.15, 0.2) is 60.7 Å². The van der Waals surface area contributed by atoms with Crippen molar-refractivity contribution in [1.29, 1.82) is 0 Å². The van der Waals surface area contributed by atoms with Crippen molar-refractivity contribution in [1.82, 2.24) is 0 Å². The third-order valence-corrected chi connectivity index (χ3v) is 7.93. The van der Waals surface area contributed by atoms with Crippen LogP contribution in [0.4, 0.5) is 0 Å². The van der Waals surface area contributed by atoms with E-state index in [0.29, 0.717) is 16.8 Å². The second-order valence-electron chi connectivity index (χ2n) is 7.86. The van der Waals surface area contributed by atoms with Gasteiger partial charge in [-0.1, -0.05) is 77.1 Å². The lowest BCUT2D eigenvalue weighted by molar-refractivity contribution is 0.395. The lowest BCUT2D eigenvalue weighted by Crippen LogP contribution is -2.19. The van der Waals surface area contributed by atoms with Crippen LogP contribution in [0.2, 0.25) is 0 Å². The SMILES string of the molecule is CCc1ccccc1P(=O)(Oc1cccc(CC)c1CC)Oc1cccc(CC)c1CC. The molecule has 0 heterocycles. The highest BCUT2D eigenvalue weighted by Crippen LogP contribution is 2.50. The van der Waals surface area contributed by atoms with Crippen LogP contribution in [0.25, 0.3) is 0 Å². The van der Waals surface area contributed by atoms with E-state index in [2.05, 4.69) is 46.8 Å². The van der Waals surface area contributed by atoms with Crippen molar-refractivity contribution in [2.75, 3.05) is 0 Å². The molecular formula is C28H35O3P. The number of rotatable bonds is 10. The molecule has 0 radical (unpaired) electrons. The van der Waals surface area contributed by atoms with E-state index < -0.39 is 7.60 Å². The third kappa shape index (κ3) is 4.94. The molecule has 0 aliphatic heterocycles. The summed E-state index contributed by atoms with van der Waals surface area (Å²) in [6, 6.07) is 19.7. The highest BCUT2D eigenvalue weighted by molar-refractivity contribution is 7.63. The van der Waals surface area contributed by atoms with Crippen molar-refractivity contribution in [3.05, 3.63) is 88.5 Å². The van der Waals surface area contributed by atoms with Crippen molar-refractivity contribution >= 4 is 12.9 Å². The van der Waals surface area contributed by atoms with Gasteiger partial charge in [0.15, 0.2) is 0 Å². The summed E-state index contributed by atoms with van der Waals surface area (Å²) < 4.78 is 27.4. The van der Waals surface area contributed by atoms with E-state index >= 15 is 0 Å². The molecule has 0 fully saturated rings. The van der Waals surface area contributed by atoms with Crippen LogP contribution in [-0.4, -0.2) is 0 Å². The molecule has 0 aliphatic carbocycles. The van der Waals surface area contributed by atoms with E-state index in [4.69, 9.17) is 9.05 Å². The molecular weight excluding hydrogens is 415 g/mol. The van der Waals surface area contributed by atoms with Gasteiger partial charge in [0.1, 0.15) is 11.5 Å². The van der Waals surface area contributed by atoms with Crippen LogP contribution in [0, 0.1) is 0 Å². The molecule has 0 atom stereocenters. The average molecular weight is 451 g/mol. The molecule has 0 aliphatic rings. The Morgan fingerprint density at radius 1 is 0.562 bits per heavy atom. The molecule has 170 valence electrons. The molecule has 0 amide bonds. The van der Waals surface area contributed by atoms with E-state index in [1.165, 1.54) is 11.1 Å². The Bertz CT molecular complexity index is 1040.